The molecule has 1 aromatic carbocycles. The van der Waals surface area contributed by atoms with Gasteiger partial charge in [-0.15, -0.1) is 0 Å². The molecular formula is C13H16ClF2N. The first-order valence-electron chi connectivity index (χ1n) is 5.78. The normalized spacial score (nSPS) is 22.8. The summed E-state index contributed by atoms with van der Waals surface area (Å²) in [5, 5.41) is 3.19. The van der Waals surface area contributed by atoms with Crippen LogP contribution in [-0.2, 0) is 0 Å². The average Bonchev–Trinajstić information content (AvgIpc) is 2.52. The number of halogens is 3. The molecule has 1 nitrogen and oxygen atoms in total. The van der Waals surface area contributed by atoms with Crippen LogP contribution in [0.1, 0.15) is 33.1 Å². The quantitative estimate of drug-likeness (QED) is 0.818. The second kappa shape index (κ2) is 4.45. The molecule has 17 heavy (non-hydrogen) atoms. The molecule has 1 aliphatic carbocycles. The minimum absolute atomic E-state index is 0.104. The molecule has 1 unspecified atom stereocenters. The van der Waals surface area contributed by atoms with E-state index in [0.29, 0.717) is 0 Å². The third-order valence-electron chi connectivity index (χ3n) is 3.32. The lowest BCUT2D eigenvalue weighted by Gasteiger charge is -2.19. The Hall–Kier alpha value is -0.830. The van der Waals surface area contributed by atoms with Crippen LogP contribution in [-0.4, -0.2) is 6.04 Å². The summed E-state index contributed by atoms with van der Waals surface area (Å²) in [6.07, 6.45) is 3.06. The van der Waals surface area contributed by atoms with Gasteiger partial charge in [0.05, 0.1) is 10.7 Å². The summed E-state index contributed by atoms with van der Waals surface area (Å²) in [6, 6.07) is 2.20. The summed E-state index contributed by atoms with van der Waals surface area (Å²) in [4.78, 5) is 0. The van der Waals surface area contributed by atoms with Crippen molar-refractivity contribution in [3.63, 3.8) is 0 Å². The van der Waals surface area contributed by atoms with Crippen LogP contribution in [0.15, 0.2) is 12.1 Å². The van der Waals surface area contributed by atoms with Gasteiger partial charge in [-0.05, 0) is 30.7 Å². The molecule has 1 atom stereocenters. The van der Waals surface area contributed by atoms with Crippen LogP contribution in [0.4, 0.5) is 14.5 Å². The number of rotatable bonds is 2. The van der Waals surface area contributed by atoms with Gasteiger partial charge in [-0.3, -0.25) is 0 Å². The van der Waals surface area contributed by atoms with E-state index >= 15 is 0 Å². The van der Waals surface area contributed by atoms with Crippen LogP contribution < -0.4 is 5.32 Å². The zero-order valence-electron chi connectivity index (χ0n) is 9.99. The van der Waals surface area contributed by atoms with Crippen molar-refractivity contribution < 1.29 is 8.78 Å². The van der Waals surface area contributed by atoms with Crippen molar-refractivity contribution in [2.24, 2.45) is 5.41 Å². The lowest BCUT2D eigenvalue weighted by atomic mass is 9.92. The number of benzene rings is 1. The SMILES string of the molecule is CC1(C)CCC(Nc2c(F)cc(F)cc2Cl)C1. The van der Waals surface area contributed by atoms with Gasteiger partial charge in [-0.2, -0.15) is 0 Å². The predicted molar refractivity (Wildman–Crippen MR) is 66.4 cm³/mol. The summed E-state index contributed by atoms with van der Waals surface area (Å²) in [5.41, 5.74) is 0.497. The largest absolute Gasteiger partial charge is 0.379 e. The molecule has 4 heteroatoms. The Morgan fingerprint density at radius 1 is 1.35 bits per heavy atom. The van der Waals surface area contributed by atoms with Gasteiger partial charge in [-0.1, -0.05) is 25.4 Å². The summed E-state index contributed by atoms with van der Waals surface area (Å²) >= 11 is 5.84. The molecule has 0 aromatic heterocycles. The van der Waals surface area contributed by atoms with Crippen molar-refractivity contribution in [1.82, 2.24) is 0 Å². The molecule has 1 saturated carbocycles. The van der Waals surface area contributed by atoms with E-state index in [0.717, 1.165) is 31.4 Å². The number of hydrogen-bond acceptors (Lipinski definition) is 1. The fourth-order valence-corrected chi connectivity index (χ4v) is 2.69. The highest BCUT2D eigenvalue weighted by Gasteiger charge is 2.31. The molecule has 0 bridgehead atoms. The topological polar surface area (TPSA) is 12.0 Å². The molecule has 94 valence electrons. The van der Waals surface area contributed by atoms with E-state index in [9.17, 15) is 8.78 Å². The molecule has 1 N–H and O–H groups in total. The first-order chi connectivity index (χ1) is 7.87. The second-order valence-corrected chi connectivity index (χ2v) is 5.90. The Bertz CT molecular complexity index is 408. The zero-order chi connectivity index (χ0) is 12.6. The standard InChI is InChI=1S/C13H16ClF2N/c1-13(2)4-3-9(7-13)17-12-10(14)5-8(15)6-11(12)16/h5-6,9,17H,3-4,7H2,1-2H3. The van der Waals surface area contributed by atoms with Crippen molar-refractivity contribution in [2.45, 2.75) is 39.2 Å². The Kier molecular flexibility index (Phi) is 3.30. The summed E-state index contributed by atoms with van der Waals surface area (Å²) in [5.74, 6) is -1.27. The second-order valence-electron chi connectivity index (χ2n) is 5.49. The summed E-state index contributed by atoms with van der Waals surface area (Å²) in [7, 11) is 0. The van der Waals surface area contributed by atoms with Gasteiger partial charge in [-0.25, -0.2) is 8.78 Å². The lowest BCUT2D eigenvalue weighted by molar-refractivity contribution is 0.378. The molecule has 0 aliphatic heterocycles. The Balaban J connectivity index is 2.15. The van der Waals surface area contributed by atoms with Gasteiger partial charge in [0.15, 0.2) is 5.82 Å². The van der Waals surface area contributed by atoms with Crippen molar-refractivity contribution in [3.8, 4) is 0 Å². The molecule has 1 fully saturated rings. The van der Waals surface area contributed by atoms with Gasteiger partial charge in [0, 0.05) is 12.1 Å². The van der Waals surface area contributed by atoms with E-state index in [1.807, 2.05) is 0 Å². The van der Waals surface area contributed by atoms with Crippen LogP contribution >= 0.6 is 11.6 Å². The fraction of sp³-hybridized carbons (Fsp3) is 0.538. The molecule has 1 aromatic rings. The smallest absolute Gasteiger partial charge is 0.150 e. The summed E-state index contributed by atoms with van der Waals surface area (Å²) < 4.78 is 26.5. The Labute approximate surface area is 105 Å². The maximum Gasteiger partial charge on any atom is 0.150 e. The monoisotopic (exact) mass is 259 g/mol. The van der Waals surface area contributed by atoms with Crippen molar-refractivity contribution in [3.05, 3.63) is 28.8 Å². The minimum Gasteiger partial charge on any atom is -0.379 e. The number of hydrogen-bond donors (Lipinski definition) is 1. The Morgan fingerprint density at radius 2 is 2.06 bits per heavy atom. The first kappa shape index (κ1) is 12.6. The highest BCUT2D eigenvalue weighted by molar-refractivity contribution is 6.33. The van der Waals surface area contributed by atoms with E-state index in [2.05, 4.69) is 19.2 Å². The molecule has 1 aliphatic rings. The van der Waals surface area contributed by atoms with Crippen LogP contribution in [0.5, 0.6) is 0 Å². The predicted octanol–water partition coefficient (Wildman–Crippen LogP) is 4.61. The first-order valence-corrected chi connectivity index (χ1v) is 6.16. The van der Waals surface area contributed by atoms with Crippen LogP contribution in [0, 0.1) is 17.0 Å². The van der Waals surface area contributed by atoms with Crippen LogP contribution in [0.25, 0.3) is 0 Å². The van der Waals surface area contributed by atoms with E-state index in [1.54, 1.807) is 0 Å². The molecule has 0 heterocycles. The Morgan fingerprint density at radius 3 is 2.59 bits per heavy atom. The van der Waals surface area contributed by atoms with E-state index in [4.69, 9.17) is 11.6 Å². The van der Waals surface area contributed by atoms with Gasteiger partial charge in [0.2, 0.25) is 0 Å². The molecule has 0 radical (unpaired) electrons. The molecule has 2 rings (SSSR count). The van der Waals surface area contributed by atoms with Gasteiger partial charge in [0.25, 0.3) is 0 Å². The van der Waals surface area contributed by atoms with Crippen LogP contribution in [0.2, 0.25) is 5.02 Å². The van der Waals surface area contributed by atoms with E-state index in [-0.39, 0.29) is 22.2 Å². The molecule has 0 amide bonds. The van der Waals surface area contributed by atoms with Gasteiger partial charge >= 0.3 is 0 Å². The highest BCUT2D eigenvalue weighted by atomic mass is 35.5. The number of anilines is 1. The van der Waals surface area contributed by atoms with E-state index < -0.39 is 11.6 Å². The van der Waals surface area contributed by atoms with Crippen molar-refractivity contribution in [2.75, 3.05) is 5.32 Å². The fourth-order valence-electron chi connectivity index (χ4n) is 2.44. The maximum atomic E-state index is 13.6. The molecular weight excluding hydrogens is 244 g/mol. The third-order valence-corrected chi connectivity index (χ3v) is 3.62. The lowest BCUT2D eigenvalue weighted by Crippen LogP contribution is -2.18. The number of nitrogens with one attached hydrogen (secondary N) is 1. The minimum atomic E-state index is -0.648. The summed E-state index contributed by atoms with van der Waals surface area (Å²) in [6.45, 7) is 4.38. The van der Waals surface area contributed by atoms with Gasteiger partial charge in [0.1, 0.15) is 5.82 Å². The van der Waals surface area contributed by atoms with Crippen molar-refractivity contribution in [1.29, 1.82) is 0 Å². The molecule has 0 spiro atoms. The van der Waals surface area contributed by atoms with Crippen molar-refractivity contribution >= 4 is 17.3 Å². The van der Waals surface area contributed by atoms with E-state index in [1.165, 1.54) is 0 Å². The highest BCUT2D eigenvalue weighted by Crippen LogP contribution is 2.39. The maximum absolute atomic E-state index is 13.6. The third kappa shape index (κ3) is 2.89. The average molecular weight is 260 g/mol. The van der Waals surface area contributed by atoms with Crippen LogP contribution in [0.3, 0.4) is 0 Å². The molecule has 0 saturated heterocycles. The zero-order valence-corrected chi connectivity index (χ0v) is 10.7. The van der Waals surface area contributed by atoms with Gasteiger partial charge < -0.3 is 5.32 Å².